The van der Waals surface area contributed by atoms with Crippen molar-refractivity contribution in [1.29, 1.82) is 0 Å². The lowest BCUT2D eigenvalue weighted by molar-refractivity contribution is -0.144. The van der Waals surface area contributed by atoms with Crippen LogP contribution in [-0.2, 0) is 14.3 Å². The van der Waals surface area contributed by atoms with Gasteiger partial charge in [0, 0.05) is 15.7 Å². The number of carbonyl (C=O) groups is 2. The van der Waals surface area contributed by atoms with Crippen molar-refractivity contribution < 1.29 is 23.5 Å². The van der Waals surface area contributed by atoms with Crippen LogP contribution in [0.15, 0.2) is 28.7 Å². The molecule has 1 atom stereocenters. The molecule has 2 aromatic rings. The highest BCUT2D eigenvalue weighted by molar-refractivity contribution is 6.35. The van der Waals surface area contributed by atoms with Crippen molar-refractivity contribution in [2.75, 3.05) is 19.0 Å². The van der Waals surface area contributed by atoms with Crippen LogP contribution in [0.25, 0.3) is 0 Å². The fraction of sp³-hybridized carbons (Fsp3) is 0.294. The molecule has 1 aromatic heterocycles. The third kappa shape index (κ3) is 4.67. The molecule has 1 heterocycles. The standard InChI is InChI=1S/C17H17Cl2NO5/c1-4-24-17(22)15(20-12-6-10(18)5-11(19)7-12)14-8-13(9(2)25-14)16(21)23-3/h5-8,15,20H,4H2,1-3H3. The summed E-state index contributed by atoms with van der Waals surface area (Å²) in [5.74, 6) is -0.570. The van der Waals surface area contributed by atoms with E-state index >= 15 is 0 Å². The first-order chi connectivity index (χ1) is 11.8. The van der Waals surface area contributed by atoms with Gasteiger partial charge in [-0.05, 0) is 38.1 Å². The molecule has 0 radical (unpaired) electrons. The maximum atomic E-state index is 12.4. The lowest BCUT2D eigenvalue weighted by Crippen LogP contribution is -2.23. The molecule has 8 heteroatoms. The summed E-state index contributed by atoms with van der Waals surface area (Å²) in [6, 6.07) is 5.25. The Morgan fingerprint density at radius 3 is 2.40 bits per heavy atom. The molecule has 0 saturated heterocycles. The number of hydrogen-bond donors (Lipinski definition) is 1. The van der Waals surface area contributed by atoms with Gasteiger partial charge in [0.1, 0.15) is 17.1 Å². The van der Waals surface area contributed by atoms with Crippen LogP contribution in [0.5, 0.6) is 0 Å². The molecular weight excluding hydrogens is 369 g/mol. The van der Waals surface area contributed by atoms with E-state index in [1.54, 1.807) is 32.0 Å². The summed E-state index contributed by atoms with van der Waals surface area (Å²) in [5, 5.41) is 3.78. The average Bonchev–Trinajstić information content (AvgIpc) is 2.92. The van der Waals surface area contributed by atoms with E-state index in [4.69, 9.17) is 37.1 Å². The monoisotopic (exact) mass is 385 g/mol. The molecule has 1 N–H and O–H groups in total. The Hall–Kier alpha value is -2.18. The second-order valence-electron chi connectivity index (χ2n) is 5.10. The molecule has 6 nitrogen and oxygen atoms in total. The number of anilines is 1. The molecular formula is C17H17Cl2NO5. The van der Waals surface area contributed by atoms with Gasteiger partial charge in [0.25, 0.3) is 0 Å². The van der Waals surface area contributed by atoms with Gasteiger partial charge < -0.3 is 19.2 Å². The van der Waals surface area contributed by atoms with Crippen molar-refractivity contribution >= 4 is 40.8 Å². The summed E-state index contributed by atoms with van der Waals surface area (Å²) >= 11 is 12.0. The highest BCUT2D eigenvalue weighted by Gasteiger charge is 2.28. The SMILES string of the molecule is CCOC(=O)C(Nc1cc(Cl)cc(Cl)c1)c1cc(C(=O)OC)c(C)o1. The molecule has 0 aliphatic carbocycles. The van der Waals surface area contributed by atoms with E-state index in [9.17, 15) is 9.59 Å². The molecule has 0 bridgehead atoms. The maximum Gasteiger partial charge on any atom is 0.341 e. The van der Waals surface area contributed by atoms with Crippen molar-refractivity contribution in [2.24, 2.45) is 0 Å². The van der Waals surface area contributed by atoms with Crippen molar-refractivity contribution in [1.82, 2.24) is 0 Å². The zero-order valence-electron chi connectivity index (χ0n) is 13.9. The van der Waals surface area contributed by atoms with E-state index in [1.165, 1.54) is 13.2 Å². The predicted octanol–water partition coefficient (Wildman–Crippen LogP) is 4.40. The summed E-state index contributed by atoms with van der Waals surface area (Å²) in [5.41, 5.74) is 0.738. The van der Waals surface area contributed by atoms with Crippen LogP contribution >= 0.6 is 23.2 Å². The fourth-order valence-corrected chi connectivity index (χ4v) is 2.76. The Morgan fingerprint density at radius 2 is 1.84 bits per heavy atom. The van der Waals surface area contributed by atoms with E-state index in [2.05, 4.69) is 5.32 Å². The number of rotatable bonds is 6. The summed E-state index contributed by atoms with van der Waals surface area (Å²) in [6.07, 6.45) is 0. The number of hydrogen-bond acceptors (Lipinski definition) is 6. The number of methoxy groups -OCH3 is 1. The van der Waals surface area contributed by atoms with E-state index in [0.29, 0.717) is 21.5 Å². The van der Waals surface area contributed by atoms with Crippen LogP contribution in [0.4, 0.5) is 5.69 Å². The first kappa shape index (κ1) is 19.1. The number of halogens is 2. The Balaban J connectivity index is 2.39. The summed E-state index contributed by atoms with van der Waals surface area (Å²) in [4.78, 5) is 24.1. The lowest BCUT2D eigenvalue weighted by Gasteiger charge is -2.17. The number of benzene rings is 1. The van der Waals surface area contributed by atoms with Gasteiger partial charge in [-0.2, -0.15) is 0 Å². The largest absolute Gasteiger partial charge is 0.465 e. The third-order valence-corrected chi connectivity index (χ3v) is 3.76. The molecule has 1 aromatic carbocycles. The van der Waals surface area contributed by atoms with E-state index in [1.807, 2.05) is 0 Å². The van der Waals surface area contributed by atoms with Crippen LogP contribution in [0.3, 0.4) is 0 Å². The van der Waals surface area contributed by atoms with Gasteiger partial charge in [0.2, 0.25) is 0 Å². The molecule has 25 heavy (non-hydrogen) atoms. The van der Waals surface area contributed by atoms with Crippen LogP contribution in [0, 0.1) is 6.92 Å². The summed E-state index contributed by atoms with van der Waals surface area (Å²) < 4.78 is 15.4. The van der Waals surface area contributed by atoms with Crippen LogP contribution in [0.1, 0.15) is 34.8 Å². The summed E-state index contributed by atoms with van der Waals surface area (Å²) in [7, 11) is 1.27. The molecule has 0 aliphatic rings. The maximum absolute atomic E-state index is 12.4. The number of aryl methyl sites for hydroxylation is 1. The number of carbonyl (C=O) groups excluding carboxylic acids is 2. The quantitative estimate of drug-likeness (QED) is 0.742. The van der Waals surface area contributed by atoms with Gasteiger partial charge in [-0.1, -0.05) is 23.2 Å². The Labute approximate surface area is 155 Å². The first-order valence-corrected chi connectivity index (χ1v) is 8.19. The molecule has 0 saturated carbocycles. The molecule has 0 spiro atoms. The molecule has 0 fully saturated rings. The van der Waals surface area contributed by atoms with Gasteiger partial charge >= 0.3 is 11.9 Å². The van der Waals surface area contributed by atoms with Gasteiger partial charge in [-0.15, -0.1) is 0 Å². The van der Waals surface area contributed by atoms with Gasteiger partial charge in [0.05, 0.1) is 13.7 Å². The molecule has 134 valence electrons. The van der Waals surface area contributed by atoms with Crippen LogP contribution < -0.4 is 5.32 Å². The molecule has 0 aliphatic heterocycles. The highest BCUT2D eigenvalue weighted by atomic mass is 35.5. The number of furan rings is 1. The van der Waals surface area contributed by atoms with Gasteiger partial charge in [-0.25, -0.2) is 9.59 Å². The fourth-order valence-electron chi connectivity index (χ4n) is 2.24. The minimum Gasteiger partial charge on any atom is -0.465 e. The number of esters is 2. The minimum atomic E-state index is -0.980. The van der Waals surface area contributed by atoms with Crippen molar-refractivity contribution in [2.45, 2.75) is 19.9 Å². The second kappa shape index (κ2) is 8.27. The second-order valence-corrected chi connectivity index (χ2v) is 5.97. The average molecular weight is 386 g/mol. The highest BCUT2D eigenvalue weighted by Crippen LogP contribution is 2.29. The molecule has 2 rings (SSSR count). The third-order valence-electron chi connectivity index (χ3n) is 3.32. The Kier molecular flexibility index (Phi) is 6.33. The summed E-state index contributed by atoms with van der Waals surface area (Å²) in [6.45, 7) is 3.49. The minimum absolute atomic E-state index is 0.191. The number of nitrogens with one attached hydrogen (secondary N) is 1. The normalized spacial score (nSPS) is 11.7. The van der Waals surface area contributed by atoms with Gasteiger partial charge in [-0.3, -0.25) is 0 Å². The number of ether oxygens (including phenoxy) is 2. The molecule has 0 amide bonds. The van der Waals surface area contributed by atoms with Crippen LogP contribution in [-0.4, -0.2) is 25.7 Å². The topological polar surface area (TPSA) is 77.8 Å². The van der Waals surface area contributed by atoms with E-state index < -0.39 is 18.0 Å². The van der Waals surface area contributed by atoms with Crippen molar-refractivity contribution in [3.05, 3.63) is 51.4 Å². The first-order valence-electron chi connectivity index (χ1n) is 7.43. The smallest absolute Gasteiger partial charge is 0.341 e. The van der Waals surface area contributed by atoms with Crippen molar-refractivity contribution in [3.63, 3.8) is 0 Å². The lowest BCUT2D eigenvalue weighted by atomic mass is 10.1. The zero-order valence-corrected chi connectivity index (χ0v) is 15.4. The van der Waals surface area contributed by atoms with Crippen molar-refractivity contribution in [3.8, 4) is 0 Å². The Morgan fingerprint density at radius 1 is 1.20 bits per heavy atom. The van der Waals surface area contributed by atoms with E-state index in [0.717, 1.165) is 0 Å². The molecule has 1 unspecified atom stereocenters. The zero-order chi connectivity index (χ0) is 18.6. The van der Waals surface area contributed by atoms with E-state index in [-0.39, 0.29) is 17.9 Å². The van der Waals surface area contributed by atoms with Gasteiger partial charge in [0.15, 0.2) is 6.04 Å². The Bertz CT molecular complexity index is 767. The predicted molar refractivity (Wildman–Crippen MR) is 94.2 cm³/mol. The van der Waals surface area contributed by atoms with Crippen LogP contribution in [0.2, 0.25) is 10.0 Å².